The molecule has 2 nitrogen and oxygen atoms in total. The van der Waals surface area contributed by atoms with Gasteiger partial charge in [0.2, 0.25) is 0 Å². The van der Waals surface area contributed by atoms with Crippen LogP contribution in [0, 0.1) is 0 Å². The van der Waals surface area contributed by atoms with E-state index in [0.29, 0.717) is 0 Å². The lowest BCUT2D eigenvalue weighted by Gasteiger charge is -2.24. The topological polar surface area (TPSA) is 17.8 Å². The van der Waals surface area contributed by atoms with Gasteiger partial charge in [0.15, 0.2) is 0 Å². The number of aromatic nitrogens is 2. The Bertz CT molecular complexity index is 321. The molecule has 0 amide bonds. The summed E-state index contributed by atoms with van der Waals surface area (Å²) in [5.74, 6) is 0. The molecule has 0 atom stereocenters. The van der Waals surface area contributed by atoms with Gasteiger partial charge in [0, 0.05) is 11.7 Å². The fourth-order valence-corrected chi connectivity index (χ4v) is 3.00. The maximum atomic E-state index is 4.53. The van der Waals surface area contributed by atoms with Crippen LogP contribution in [0.5, 0.6) is 0 Å². The first kappa shape index (κ1) is 8.51. The molecule has 0 aliphatic heterocycles. The average molecular weight is 190 g/mol. The van der Waals surface area contributed by atoms with Crippen LogP contribution in [-0.4, -0.2) is 9.55 Å². The van der Waals surface area contributed by atoms with Gasteiger partial charge in [0.1, 0.15) is 0 Å². The molecule has 2 aliphatic rings. The van der Waals surface area contributed by atoms with Crippen LogP contribution in [0.4, 0.5) is 0 Å². The van der Waals surface area contributed by atoms with Gasteiger partial charge in [0.05, 0.1) is 12.0 Å². The van der Waals surface area contributed by atoms with E-state index >= 15 is 0 Å². The maximum absolute atomic E-state index is 4.53. The third-order valence-corrected chi connectivity index (χ3v) is 3.78. The highest BCUT2D eigenvalue weighted by atomic mass is 15.1. The molecule has 0 saturated heterocycles. The van der Waals surface area contributed by atoms with Gasteiger partial charge in [-0.05, 0) is 32.1 Å². The molecule has 2 aliphatic carbocycles. The van der Waals surface area contributed by atoms with Crippen molar-refractivity contribution < 1.29 is 0 Å². The molecule has 14 heavy (non-hydrogen) atoms. The van der Waals surface area contributed by atoms with E-state index in [9.17, 15) is 0 Å². The van der Waals surface area contributed by atoms with Gasteiger partial charge < -0.3 is 4.57 Å². The molecule has 0 spiro atoms. The minimum absolute atomic E-state index is 0.776. The molecule has 1 aromatic rings. The average Bonchev–Trinajstić information content (AvgIpc) is 2.79. The summed E-state index contributed by atoms with van der Waals surface area (Å²) in [5.41, 5.74) is 2.94. The summed E-state index contributed by atoms with van der Waals surface area (Å²) in [7, 11) is 0. The van der Waals surface area contributed by atoms with E-state index in [0.717, 1.165) is 6.04 Å². The van der Waals surface area contributed by atoms with E-state index in [1.807, 2.05) is 0 Å². The molecule has 0 bridgehead atoms. The molecule has 1 heterocycles. The van der Waals surface area contributed by atoms with Crippen molar-refractivity contribution in [1.29, 1.82) is 0 Å². The molecular formula is C12H18N2. The van der Waals surface area contributed by atoms with Gasteiger partial charge in [-0.2, -0.15) is 0 Å². The minimum atomic E-state index is 0.776. The zero-order valence-corrected chi connectivity index (χ0v) is 8.71. The number of hydrogen-bond acceptors (Lipinski definition) is 1. The Kier molecular flexibility index (Phi) is 2.07. The summed E-state index contributed by atoms with van der Waals surface area (Å²) < 4.78 is 2.49. The van der Waals surface area contributed by atoms with E-state index in [4.69, 9.17) is 0 Å². The highest BCUT2D eigenvalue weighted by Gasteiger charge is 2.22. The monoisotopic (exact) mass is 190 g/mol. The van der Waals surface area contributed by atoms with Crippen molar-refractivity contribution in [3.05, 3.63) is 17.7 Å². The fourth-order valence-electron chi connectivity index (χ4n) is 3.00. The molecular weight excluding hydrogens is 172 g/mol. The Hall–Kier alpha value is -0.790. The van der Waals surface area contributed by atoms with Crippen LogP contribution in [0.3, 0.4) is 0 Å². The molecule has 1 fully saturated rings. The molecule has 76 valence electrons. The molecule has 0 aromatic carbocycles. The second-order valence-corrected chi connectivity index (χ2v) is 4.69. The summed E-state index contributed by atoms with van der Waals surface area (Å²) >= 11 is 0. The lowest BCUT2D eigenvalue weighted by molar-refractivity contribution is 0.347. The van der Waals surface area contributed by atoms with Crippen LogP contribution >= 0.6 is 0 Å². The highest BCUT2D eigenvalue weighted by molar-refractivity contribution is 5.19. The molecule has 0 N–H and O–H groups in total. The van der Waals surface area contributed by atoms with Crippen molar-refractivity contribution in [2.75, 3.05) is 0 Å². The van der Waals surface area contributed by atoms with Crippen molar-refractivity contribution in [1.82, 2.24) is 9.55 Å². The zero-order chi connectivity index (χ0) is 9.38. The van der Waals surface area contributed by atoms with Gasteiger partial charge in [0.25, 0.3) is 0 Å². The fraction of sp³-hybridized carbons (Fsp3) is 0.750. The SMILES string of the molecule is c1nc2c(n1C1CCCCC1)CCC2. The zero-order valence-electron chi connectivity index (χ0n) is 8.71. The number of fused-ring (bicyclic) bond motifs is 1. The summed E-state index contributed by atoms with van der Waals surface area (Å²) in [5, 5.41) is 0. The first-order valence-corrected chi connectivity index (χ1v) is 6.00. The second-order valence-electron chi connectivity index (χ2n) is 4.69. The van der Waals surface area contributed by atoms with E-state index < -0.39 is 0 Å². The highest BCUT2D eigenvalue weighted by Crippen LogP contribution is 2.32. The number of aryl methyl sites for hydroxylation is 1. The maximum Gasteiger partial charge on any atom is 0.0954 e. The van der Waals surface area contributed by atoms with Crippen molar-refractivity contribution in [2.24, 2.45) is 0 Å². The Morgan fingerprint density at radius 1 is 1.07 bits per heavy atom. The number of imidazole rings is 1. The smallest absolute Gasteiger partial charge is 0.0954 e. The lowest BCUT2D eigenvalue weighted by Crippen LogP contribution is -2.13. The quantitative estimate of drug-likeness (QED) is 0.665. The standard InChI is InChI=1S/C12H18N2/c1-2-5-10(6-3-1)14-9-13-11-7-4-8-12(11)14/h9-10H,1-8H2. The largest absolute Gasteiger partial charge is 0.331 e. The van der Waals surface area contributed by atoms with Gasteiger partial charge >= 0.3 is 0 Å². The lowest BCUT2D eigenvalue weighted by atomic mass is 9.95. The van der Waals surface area contributed by atoms with Crippen LogP contribution in [0.1, 0.15) is 56.0 Å². The first-order valence-electron chi connectivity index (χ1n) is 6.00. The van der Waals surface area contributed by atoms with Crippen LogP contribution < -0.4 is 0 Å². The Morgan fingerprint density at radius 2 is 1.93 bits per heavy atom. The Morgan fingerprint density at radius 3 is 2.79 bits per heavy atom. The summed E-state index contributed by atoms with van der Waals surface area (Å²) in [6.45, 7) is 0. The predicted molar refractivity (Wildman–Crippen MR) is 56.4 cm³/mol. The van der Waals surface area contributed by atoms with Gasteiger partial charge in [-0.25, -0.2) is 4.98 Å². The van der Waals surface area contributed by atoms with Crippen LogP contribution in [0.15, 0.2) is 6.33 Å². The van der Waals surface area contributed by atoms with E-state index in [2.05, 4.69) is 15.9 Å². The summed E-state index contributed by atoms with van der Waals surface area (Å²) in [4.78, 5) is 4.53. The van der Waals surface area contributed by atoms with Gasteiger partial charge in [-0.15, -0.1) is 0 Å². The van der Waals surface area contributed by atoms with Gasteiger partial charge in [-0.1, -0.05) is 19.3 Å². The third kappa shape index (κ3) is 1.28. The molecule has 0 radical (unpaired) electrons. The molecule has 0 unspecified atom stereocenters. The summed E-state index contributed by atoms with van der Waals surface area (Å²) in [6.07, 6.45) is 12.9. The molecule has 1 saturated carbocycles. The number of nitrogens with zero attached hydrogens (tertiary/aromatic N) is 2. The van der Waals surface area contributed by atoms with Crippen LogP contribution in [0.25, 0.3) is 0 Å². The van der Waals surface area contributed by atoms with E-state index in [1.54, 1.807) is 5.69 Å². The van der Waals surface area contributed by atoms with Crippen LogP contribution in [0.2, 0.25) is 0 Å². The van der Waals surface area contributed by atoms with Crippen molar-refractivity contribution >= 4 is 0 Å². The number of hydrogen-bond donors (Lipinski definition) is 0. The number of rotatable bonds is 1. The third-order valence-electron chi connectivity index (χ3n) is 3.78. The van der Waals surface area contributed by atoms with Crippen molar-refractivity contribution in [3.8, 4) is 0 Å². The minimum Gasteiger partial charge on any atom is -0.331 e. The Balaban J connectivity index is 1.88. The van der Waals surface area contributed by atoms with Crippen molar-refractivity contribution in [2.45, 2.75) is 57.4 Å². The van der Waals surface area contributed by atoms with E-state index in [-0.39, 0.29) is 0 Å². The van der Waals surface area contributed by atoms with E-state index in [1.165, 1.54) is 57.1 Å². The summed E-state index contributed by atoms with van der Waals surface area (Å²) in [6, 6.07) is 0.776. The molecule has 3 rings (SSSR count). The predicted octanol–water partition coefficient (Wildman–Crippen LogP) is 2.88. The normalized spacial score (nSPS) is 22.6. The first-order chi connectivity index (χ1) is 6.95. The van der Waals surface area contributed by atoms with Crippen molar-refractivity contribution in [3.63, 3.8) is 0 Å². The second kappa shape index (κ2) is 3.41. The van der Waals surface area contributed by atoms with Crippen LogP contribution in [-0.2, 0) is 12.8 Å². The molecule has 1 aromatic heterocycles. The van der Waals surface area contributed by atoms with Gasteiger partial charge in [-0.3, -0.25) is 0 Å². The Labute approximate surface area is 85.3 Å². The molecule has 2 heteroatoms.